The Morgan fingerprint density at radius 1 is 1.08 bits per heavy atom. The zero-order chi connectivity index (χ0) is 18.4. The van der Waals surface area contributed by atoms with Crippen LogP contribution in [0, 0.1) is 0 Å². The summed E-state index contributed by atoms with van der Waals surface area (Å²) in [5, 5.41) is 6.06. The first-order chi connectivity index (χ1) is 11.8. The fourth-order valence-corrected chi connectivity index (χ4v) is 3.30. The molecule has 0 amide bonds. The van der Waals surface area contributed by atoms with Crippen LogP contribution in [0.4, 0.5) is 0 Å². The molecule has 2 rings (SSSR count). The van der Waals surface area contributed by atoms with Crippen molar-refractivity contribution in [2.24, 2.45) is 5.14 Å². The lowest BCUT2D eigenvalue weighted by Gasteiger charge is -2.15. The summed E-state index contributed by atoms with van der Waals surface area (Å²) in [4.78, 5) is 3.35. The van der Waals surface area contributed by atoms with Crippen LogP contribution in [-0.2, 0) is 23.0 Å². The smallest absolute Gasteiger partial charge is 0.231 e. The third-order valence-corrected chi connectivity index (χ3v) is 4.98. The van der Waals surface area contributed by atoms with E-state index in [0.29, 0.717) is 0 Å². The SMILES string of the molecule is CSc1ccc(Cc2ccc(/C=C/S(N)(=O)=O)cc2CN(C)C)cc1. The second-order valence-corrected chi connectivity index (χ2v) is 8.51. The molecule has 0 saturated carbocycles. The molecule has 0 aliphatic carbocycles. The van der Waals surface area contributed by atoms with E-state index >= 15 is 0 Å². The number of hydrogen-bond acceptors (Lipinski definition) is 4. The minimum Gasteiger partial charge on any atom is -0.305 e. The molecule has 0 bridgehead atoms. The Morgan fingerprint density at radius 2 is 1.76 bits per heavy atom. The topological polar surface area (TPSA) is 63.4 Å². The fourth-order valence-electron chi connectivity index (χ4n) is 2.55. The van der Waals surface area contributed by atoms with Gasteiger partial charge in [-0.15, -0.1) is 11.8 Å². The third-order valence-electron chi connectivity index (χ3n) is 3.72. The van der Waals surface area contributed by atoms with Gasteiger partial charge in [0.2, 0.25) is 10.0 Å². The molecule has 2 aromatic carbocycles. The van der Waals surface area contributed by atoms with Gasteiger partial charge in [0.15, 0.2) is 0 Å². The summed E-state index contributed by atoms with van der Waals surface area (Å²) in [5.74, 6) is 0. The summed E-state index contributed by atoms with van der Waals surface area (Å²) in [6.07, 6.45) is 4.44. The molecule has 0 unspecified atom stereocenters. The molecular weight excluding hydrogens is 352 g/mol. The summed E-state index contributed by atoms with van der Waals surface area (Å²) in [5.41, 5.74) is 4.49. The molecule has 4 nitrogen and oxygen atoms in total. The zero-order valence-electron chi connectivity index (χ0n) is 14.8. The van der Waals surface area contributed by atoms with E-state index in [2.05, 4.69) is 41.5 Å². The van der Waals surface area contributed by atoms with Crippen molar-refractivity contribution >= 4 is 27.9 Å². The lowest BCUT2D eigenvalue weighted by Crippen LogP contribution is -2.13. The third kappa shape index (κ3) is 6.66. The summed E-state index contributed by atoms with van der Waals surface area (Å²) >= 11 is 1.73. The molecule has 0 aromatic heterocycles. The number of nitrogens with two attached hydrogens (primary N) is 1. The Labute approximate surface area is 154 Å². The highest BCUT2D eigenvalue weighted by Crippen LogP contribution is 2.21. The molecule has 6 heteroatoms. The molecule has 0 saturated heterocycles. The van der Waals surface area contributed by atoms with E-state index in [-0.39, 0.29) is 0 Å². The monoisotopic (exact) mass is 376 g/mol. The summed E-state index contributed by atoms with van der Waals surface area (Å²) in [7, 11) is 0.419. The van der Waals surface area contributed by atoms with Crippen LogP contribution >= 0.6 is 11.8 Å². The first kappa shape index (κ1) is 19.7. The van der Waals surface area contributed by atoms with Gasteiger partial charge in [0, 0.05) is 16.8 Å². The van der Waals surface area contributed by atoms with Crippen LogP contribution in [0.3, 0.4) is 0 Å². The molecule has 0 atom stereocenters. The molecule has 0 spiro atoms. The maximum absolute atomic E-state index is 11.1. The van der Waals surface area contributed by atoms with Crippen LogP contribution < -0.4 is 5.14 Å². The molecule has 0 aliphatic rings. The quantitative estimate of drug-likeness (QED) is 0.753. The average Bonchev–Trinajstić information content (AvgIpc) is 2.54. The fraction of sp³-hybridized carbons (Fsp3) is 0.263. The van der Waals surface area contributed by atoms with Gasteiger partial charge in [-0.1, -0.05) is 30.3 Å². The number of nitrogens with zero attached hydrogens (tertiary/aromatic N) is 1. The average molecular weight is 377 g/mol. The molecule has 25 heavy (non-hydrogen) atoms. The minimum absolute atomic E-state index is 0.787. The summed E-state index contributed by atoms with van der Waals surface area (Å²) < 4.78 is 22.2. The molecular formula is C19H24N2O2S2. The largest absolute Gasteiger partial charge is 0.305 e. The number of thioether (sulfide) groups is 1. The van der Waals surface area contributed by atoms with Crippen LogP contribution in [0.5, 0.6) is 0 Å². The molecule has 0 fully saturated rings. The highest BCUT2D eigenvalue weighted by molar-refractivity contribution is 7.98. The van der Waals surface area contributed by atoms with Crippen molar-refractivity contribution in [3.63, 3.8) is 0 Å². The molecule has 134 valence electrons. The predicted molar refractivity (Wildman–Crippen MR) is 107 cm³/mol. The number of hydrogen-bond donors (Lipinski definition) is 1. The molecule has 0 heterocycles. The van der Waals surface area contributed by atoms with E-state index < -0.39 is 10.0 Å². The van der Waals surface area contributed by atoms with Gasteiger partial charge in [-0.05, 0) is 67.2 Å². The normalized spacial score (nSPS) is 12.2. The van der Waals surface area contributed by atoms with E-state index in [0.717, 1.165) is 23.9 Å². The number of benzene rings is 2. The van der Waals surface area contributed by atoms with Crippen molar-refractivity contribution < 1.29 is 8.42 Å². The van der Waals surface area contributed by atoms with Gasteiger partial charge in [0.05, 0.1) is 0 Å². The minimum atomic E-state index is -3.62. The van der Waals surface area contributed by atoms with Crippen molar-refractivity contribution in [2.45, 2.75) is 17.9 Å². The molecule has 2 N–H and O–H groups in total. The van der Waals surface area contributed by atoms with E-state index in [4.69, 9.17) is 5.14 Å². The Hall–Kier alpha value is -1.60. The van der Waals surface area contributed by atoms with Gasteiger partial charge < -0.3 is 4.90 Å². The number of rotatable bonds is 7. The maximum Gasteiger partial charge on any atom is 0.231 e. The Balaban J connectivity index is 2.30. The van der Waals surface area contributed by atoms with Gasteiger partial charge in [0.1, 0.15) is 0 Å². The summed E-state index contributed by atoms with van der Waals surface area (Å²) in [6, 6.07) is 14.6. The van der Waals surface area contributed by atoms with Gasteiger partial charge in [-0.3, -0.25) is 0 Å². The van der Waals surface area contributed by atoms with Crippen molar-refractivity contribution in [3.8, 4) is 0 Å². The Bertz CT molecular complexity index is 842. The standard InChI is InChI=1S/C19H24N2O2S2/c1-21(2)14-18-13-16(10-11-25(20,22)23)4-7-17(18)12-15-5-8-19(24-3)9-6-15/h4-11,13H,12,14H2,1-3H3,(H2,20,22,23)/b11-10+. The van der Waals surface area contributed by atoms with Crippen molar-refractivity contribution in [1.29, 1.82) is 0 Å². The highest BCUT2D eigenvalue weighted by Gasteiger charge is 2.07. The lowest BCUT2D eigenvalue weighted by molar-refractivity contribution is 0.401. The molecule has 0 aliphatic heterocycles. The lowest BCUT2D eigenvalue weighted by atomic mass is 9.97. The van der Waals surface area contributed by atoms with E-state index in [1.54, 1.807) is 11.8 Å². The summed E-state index contributed by atoms with van der Waals surface area (Å²) in [6.45, 7) is 0.787. The van der Waals surface area contributed by atoms with E-state index in [1.165, 1.54) is 27.7 Å². The van der Waals surface area contributed by atoms with Crippen molar-refractivity contribution in [2.75, 3.05) is 20.4 Å². The maximum atomic E-state index is 11.1. The van der Waals surface area contributed by atoms with Crippen LogP contribution in [0.1, 0.15) is 22.3 Å². The van der Waals surface area contributed by atoms with Crippen molar-refractivity contribution in [3.05, 3.63) is 70.1 Å². The predicted octanol–water partition coefficient (Wildman–Crippen LogP) is 3.32. The van der Waals surface area contributed by atoms with Crippen LogP contribution in [0.15, 0.2) is 52.8 Å². The van der Waals surface area contributed by atoms with E-state index in [1.807, 2.05) is 26.2 Å². The molecule has 0 radical (unpaired) electrons. The van der Waals surface area contributed by atoms with Crippen LogP contribution in [0.25, 0.3) is 6.08 Å². The Morgan fingerprint density at radius 3 is 2.32 bits per heavy atom. The highest BCUT2D eigenvalue weighted by atomic mass is 32.2. The van der Waals surface area contributed by atoms with Crippen LogP contribution in [0.2, 0.25) is 0 Å². The van der Waals surface area contributed by atoms with E-state index in [9.17, 15) is 8.42 Å². The first-order valence-electron chi connectivity index (χ1n) is 7.87. The van der Waals surface area contributed by atoms with Gasteiger partial charge in [0.25, 0.3) is 0 Å². The number of sulfonamides is 1. The molecule has 2 aromatic rings. The second kappa shape index (κ2) is 8.67. The second-order valence-electron chi connectivity index (χ2n) is 6.18. The van der Waals surface area contributed by atoms with Crippen LogP contribution in [-0.4, -0.2) is 33.7 Å². The number of primary sulfonamides is 1. The zero-order valence-corrected chi connectivity index (χ0v) is 16.4. The first-order valence-corrected chi connectivity index (χ1v) is 10.7. The van der Waals surface area contributed by atoms with Crippen molar-refractivity contribution in [1.82, 2.24) is 4.90 Å². The van der Waals surface area contributed by atoms with Gasteiger partial charge in [-0.25, -0.2) is 13.6 Å². The van der Waals surface area contributed by atoms with Gasteiger partial charge in [-0.2, -0.15) is 0 Å². The Kier molecular flexibility index (Phi) is 6.84. The van der Waals surface area contributed by atoms with Gasteiger partial charge >= 0.3 is 0 Å².